The van der Waals surface area contributed by atoms with Crippen molar-refractivity contribution in [2.24, 2.45) is 5.92 Å². The van der Waals surface area contributed by atoms with Crippen molar-refractivity contribution in [1.82, 2.24) is 4.31 Å². The van der Waals surface area contributed by atoms with Gasteiger partial charge in [0.25, 0.3) is 0 Å². The Balaban J connectivity index is 1.35. The Labute approximate surface area is 176 Å². The van der Waals surface area contributed by atoms with Crippen LogP contribution in [0.3, 0.4) is 0 Å². The minimum absolute atomic E-state index is 0.0746. The lowest BCUT2D eigenvalue weighted by atomic mass is 9.97. The number of nitrogens with one attached hydrogen (secondary N) is 1. The van der Waals surface area contributed by atoms with E-state index < -0.39 is 15.8 Å². The quantitative estimate of drug-likeness (QED) is 0.787. The molecule has 2 fully saturated rings. The van der Waals surface area contributed by atoms with Crippen LogP contribution in [0.4, 0.5) is 15.8 Å². The third-order valence-corrected chi connectivity index (χ3v) is 7.77. The number of hydrogen-bond acceptors (Lipinski definition) is 4. The van der Waals surface area contributed by atoms with Gasteiger partial charge in [-0.05, 0) is 68.1 Å². The number of carbonyl (C=O) groups is 1. The molecule has 0 aliphatic carbocycles. The minimum Gasteiger partial charge on any atom is -0.371 e. The van der Waals surface area contributed by atoms with Crippen LogP contribution in [0.25, 0.3) is 0 Å². The van der Waals surface area contributed by atoms with Crippen LogP contribution >= 0.6 is 0 Å². The molecule has 2 heterocycles. The molecule has 0 spiro atoms. The molecule has 4 rings (SSSR count). The molecule has 0 saturated carbocycles. The number of carbonyl (C=O) groups excluding carboxylic acids is 1. The van der Waals surface area contributed by atoms with E-state index >= 15 is 0 Å². The van der Waals surface area contributed by atoms with Gasteiger partial charge in [-0.25, -0.2) is 12.8 Å². The van der Waals surface area contributed by atoms with Gasteiger partial charge in [0, 0.05) is 43.5 Å². The Morgan fingerprint density at radius 2 is 1.63 bits per heavy atom. The number of anilines is 2. The van der Waals surface area contributed by atoms with E-state index in [1.54, 1.807) is 0 Å². The van der Waals surface area contributed by atoms with Crippen molar-refractivity contribution < 1.29 is 17.6 Å². The highest BCUT2D eigenvalue weighted by Gasteiger charge is 2.32. The van der Waals surface area contributed by atoms with E-state index in [-0.39, 0.29) is 29.8 Å². The number of amides is 1. The topological polar surface area (TPSA) is 69.7 Å². The van der Waals surface area contributed by atoms with Crippen LogP contribution < -0.4 is 10.2 Å². The van der Waals surface area contributed by atoms with Crippen LogP contribution in [0.15, 0.2) is 53.4 Å². The first-order chi connectivity index (χ1) is 14.4. The average molecular weight is 432 g/mol. The largest absolute Gasteiger partial charge is 0.371 e. The third kappa shape index (κ3) is 4.49. The van der Waals surface area contributed by atoms with Gasteiger partial charge in [0.1, 0.15) is 5.82 Å². The smallest absolute Gasteiger partial charge is 0.243 e. The second kappa shape index (κ2) is 8.73. The summed E-state index contributed by atoms with van der Waals surface area (Å²) < 4.78 is 39.9. The summed E-state index contributed by atoms with van der Waals surface area (Å²) in [5.74, 6) is -0.786. The van der Waals surface area contributed by atoms with Crippen LogP contribution in [-0.4, -0.2) is 44.8 Å². The molecule has 2 aromatic rings. The molecule has 6 nitrogen and oxygen atoms in total. The third-order valence-electron chi connectivity index (χ3n) is 5.86. The van der Waals surface area contributed by atoms with Crippen molar-refractivity contribution in [2.45, 2.75) is 30.6 Å². The number of rotatable bonds is 5. The van der Waals surface area contributed by atoms with Crippen LogP contribution in [0.1, 0.15) is 25.7 Å². The van der Waals surface area contributed by atoms with Gasteiger partial charge in [0.15, 0.2) is 0 Å². The van der Waals surface area contributed by atoms with Crippen molar-refractivity contribution in [3.8, 4) is 0 Å². The molecule has 1 N–H and O–H groups in total. The van der Waals surface area contributed by atoms with Crippen molar-refractivity contribution in [1.29, 1.82) is 0 Å². The number of halogens is 1. The van der Waals surface area contributed by atoms with E-state index in [1.807, 2.05) is 18.2 Å². The summed E-state index contributed by atoms with van der Waals surface area (Å²) in [4.78, 5) is 15.1. The number of nitrogens with zero attached hydrogens (tertiary/aromatic N) is 2. The van der Waals surface area contributed by atoms with Gasteiger partial charge in [0.05, 0.1) is 4.90 Å². The molecule has 0 atom stereocenters. The maximum atomic E-state index is 13.1. The summed E-state index contributed by atoms with van der Waals surface area (Å²) in [5, 5.41) is 2.99. The lowest BCUT2D eigenvalue weighted by molar-refractivity contribution is -0.120. The van der Waals surface area contributed by atoms with Crippen molar-refractivity contribution in [3.05, 3.63) is 54.3 Å². The van der Waals surface area contributed by atoms with E-state index in [9.17, 15) is 17.6 Å². The molecule has 2 aliphatic rings. The summed E-state index contributed by atoms with van der Waals surface area (Å²) in [6, 6.07) is 12.7. The zero-order valence-corrected chi connectivity index (χ0v) is 17.6. The van der Waals surface area contributed by atoms with Gasteiger partial charge in [-0.1, -0.05) is 6.07 Å². The summed E-state index contributed by atoms with van der Waals surface area (Å²) in [7, 11) is -3.67. The van der Waals surface area contributed by atoms with E-state index in [0.717, 1.165) is 36.6 Å². The second-order valence-corrected chi connectivity index (χ2v) is 9.80. The second-order valence-electron chi connectivity index (χ2n) is 7.87. The zero-order chi connectivity index (χ0) is 21.1. The normalized spacial score (nSPS) is 18.5. The molecule has 0 unspecified atom stereocenters. The molecule has 2 aromatic carbocycles. The molecule has 8 heteroatoms. The van der Waals surface area contributed by atoms with Gasteiger partial charge in [0.2, 0.25) is 15.9 Å². The van der Waals surface area contributed by atoms with Crippen LogP contribution in [0.2, 0.25) is 0 Å². The van der Waals surface area contributed by atoms with Gasteiger partial charge >= 0.3 is 0 Å². The number of sulfonamides is 1. The predicted molar refractivity (Wildman–Crippen MR) is 114 cm³/mol. The van der Waals surface area contributed by atoms with Gasteiger partial charge < -0.3 is 10.2 Å². The molecular formula is C22H26FN3O3S. The molecule has 160 valence electrons. The molecule has 2 saturated heterocycles. The van der Waals surface area contributed by atoms with Crippen molar-refractivity contribution in [3.63, 3.8) is 0 Å². The summed E-state index contributed by atoms with van der Waals surface area (Å²) in [6.45, 7) is 2.62. The van der Waals surface area contributed by atoms with E-state index in [4.69, 9.17) is 0 Å². The van der Waals surface area contributed by atoms with Crippen molar-refractivity contribution in [2.75, 3.05) is 36.4 Å². The standard InChI is InChI=1S/C22H26FN3O3S/c23-18-6-8-21(9-7-18)30(28,29)26-14-10-17(11-15-26)22(27)24-19-4-3-5-20(16-19)25-12-1-2-13-25/h3-9,16-17H,1-2,10-15H2,(H,24,27). The molecule has 0 radical (unpaired) electrons. The highest BCUT2D eigenvalue weighted by Crippen LogP contribution is 2.27. The number of piperidine rings is 1. The Hall–Kier alpha value is -2.45. The zero-order valence-electron chi connectivity index (χ0n) is 16.8. The average Bonchev–Trinajstić information content (AvgIpc) is 3.29. The van der Waals surface area contributed by atoms with Crippen LogP contribution in [0, 0.1) is 11.7 Å². The molecule has 30 heavy (non-hydrogen) atoms. The summed E-state index contributed by atoms with van der Waals surface area (Å²) in [5.41, 5.74) is 1.89. The number of benzene rings is 2. The SMILES string of the molecule is O=C(Nc1cccc(N2CCCC2)c1)C1CCN(S(=O)(=O)c2ccc(F)cc2)CC1. The minimum atomic E-state index is -3.67. The first-order valence-electron chi connectivity index (χ1n) is 10.3. The summed E-state index contributed by atoms with van der Waals surface area (Å²) >= 11 is 0. The lowest BCUT2D eigenvalue weighted by Gasteiger charge is -2.30. The maximum absolute atomic E-state index is 13.1. The Morgan fingerprint density at radius 3 is 2.30 bits per heavy atom. The van der Waals surface area contributed by atoms with E-state index in [1.165, 1.54) is 29.3 Å². The Kier molecular flexibility index (Phi) is 6.06. The Bertz CT molecular complexity index is 997. The highest BCUT2D eigenvalue weighted by atomic mass is 32.2. The maximum Gasteiger partial charge on any atom is 0.243 e. The molecule has 0 aromatic heterocycles. The van der Waals surface area contributed by atoms with Crippen LogP contribution in [-0.2, 0) is 14.8 Å². The highest BCUT2D eigenvalue weighted by molar-refractivity contribution is 7.89. The predicted octanol–water partition coefficient (Wildman–Crippen LogP) is 3.47. The first kappa shape index (κ1) is 20.8. The van der Waals surface area contributed by atoms with E-state index in [0.29, 0.717) is 12.8 Å². The molecule has 0 bridgehead atoms. The molecule has 1 amide bonds. The molecular weight excluding hydrogens is 405 g/mol. The molecule has 2 aliphatic heterocycles. The van der Waals surface area contributed by atoms with Crippen molar-refractivity contribution >= 4 is 27.3 Å². The lowest BCUT2D eigenvalue weighted by Crippen LogP contribution is -2.41. The van der Waals surface area contributed by atoms with Crippen LogP contribution in [0.5, 0.6) is 0 Å². The van der Waals surface area contributed by atoms with E-state index in [2.05, 4.69) is 16.3 Å². The number of hydrogen-bond donors (Lipinski definition) is 1. The monoisotopic (exact) mass is 431 g/mol. The summed E-state index contributed by atoms with van der Waals surface area (Å²) in [6.07, 6.45) is 3.29. The fourth-order valence-corrected chi connectivity index (χ4v) is 5.58. The first-order valence-corrected chi connectivity index (χ1v) is 11.8. The van der Waals surface area contributed by atoms with Gasteiger partial charge in [-0.3, -0.25) is 4.79 Å². The van der Waals surface area contributed by atoms with Gasteiger partial charge in [-0.15, -0.1) is 0 Å². The Morgan fingerprint density at radius 1 is 0.967 bits per heavy atom. The van der Waals surface area contributed by atoms with Gasteiger partial charge in [-0.2, -0.15) is 4.31 Å². The fourth-order valence-electron chi connectivity index (χ4n) is 4.11. The fraction of sp³-hybridized carbons (Fsp3) is 0.409.